The highest BCUT2D eigenvalue weighted by Gasteiger charge is 2.32. The van der Waals surface area contributed by atoms with Gasteiger partial charge in [-0.3, -0.25) is 4.79 Å². The van der Waals surface area contributed by atoms with Crippen LogP contribution in [0.2, 0.25) is 0 Å². The first-order chi connectivity index (χ1) is 18.9. The predicted octanol–water partition coefficient (Wildman–Crippen LogP) is 2.76. The number of benzene rings is 3. The first kappa shape index (κ1) is 30.0. The average molecular weight is 585 g/mol. The third kappa shape index (κ3) is 7.75. The van der Waals surface area contributed by atoms with E-state index in [-0.39, 0.29) is 21.5 Å². The Labute approximate surface area is 232 Å². The molecule has 0 bridgehead atoms. The van der Waals surface area contributed by atoms with Crippen molar-refractivity contribution in [3.63, 3.8) is 0 Å². The van der Waals surface area contributed by atoms with Gasteiger partial charge in [0.05, 0.1) is 16.9 Å². The Hall–Kier alpha value is -4.53. The number of nitrogen functional groups attached to an aromatic ring is 1. The molecule has 0 aliphatic heterocycles. The van der Waals surface area contributed by atoms with Crippen molar-refractivity contribution < 1.29 is 26.4 Å². The fourth-order valence-electron chi connectivity index (χ4n) is 3.34. The Morgan fingerprint density at radius 2 is 1.45 bits per heavy atom. The fraction of sp³-hybridized carbons (Fsp3) is 0.115. The summed E-state index contributed by atoms with van der Waals surface area (Å²) >= 11 is 0. The van der Waals surface area contributed by atoms with Gasteiger partial charge in [-0.2, -0.15) is 4.31 Å². The lowest BCUT2D eigenvalue weighted by molar-refractivity contribution is -0.115. The smallest absolute Gasteiger partial charge is 0.272 e. The zero-order chi connectivity index (χ0) is 29.3. The van der Waals surface area contributed by atoms with Crippen molar-refractivity contribution in [3.05, 3.63) is 96.8 Å². The molecule has 0 saturated carbocycles. The molecular weight excluding hydrogens is 556 g/mol. The molecule has 3 aromatic carbocycles. The van der Waals surface area contributed by atoms with Crippen LogP contribution in [0.4, 0.5) is 17.2 Å². The van der Waals surface area contributed by atoms with Gasteiger partial charge in [-0.1, -0.05) is 30.3 Å². The summed E-state index contributed by atoms with van der Waals surface area (Å²) in [4.78, 5) is 19.7. The Morgan fingerprint density at radius 1 is 0.875 bits per heavy atom. The normalized spacial score (nSPS) is 11.1. The Balaban J connectivity index is 0.000000225. The standard InChI is InChI=1S/C13H14N4O4S.C13H14N2O2S/c1-9(18)17(12-13(21-2)16-8-7-15-12)22(19,20)11-5-3-10(14)4-6-11;14-18(16,17)13-8-6-12(7-9-13)15-10-11-4-2-1-3-5-11/h3-8H,14H2,1-2H3;1-9,15H,10H2,(H2,14,16,17). The van der Waals surface area contributed by atoms with Crippen LogP contribution in [0.25, 0.3) is 0 Å². The van der Waals surface area contributed by atoms with Gasteiger partial charge in [-0.25, -0.2) is 31.9 Å². The molecule has 0 aliphatic rings. The van der Waals surface area contributed by atoms with E-state index in [2.05, 4.69) is 15.3 Å². The first-order valence-corrected chi connectivity index (χ1v) is 14.6. The summed E-state index contributed by atoms with van der Waals surface area (Å²) in [6.07, 6.45) is 2.60. The lowest BCUT2D eigenvalue weighted by Crippen LogP contribution is -2.36. The van der Waals surface area contributed by atoms with E-state index in [0.29, 0.717) is 16.5 Å². The summed E-state index contributed by atoms with van der Waals surface area (Å²) in [5.74, 6) is -1.01. The van der Waals surface area contributed by atoms with Gasteiger partial charge in [0.15, 0.2) is 0 Å². The van der Waals surface area contributed by atoms with E-state index < -0.39 is 26.0 Å². The van der Waals surface area contributed by atoms with Gasteiger partial charge in [0.25, 0.3) is 15.9 Å². The highest BCUT2D eigenvalue weighted by Crippen LogP contribution is 2.28. The maximum atomic E-state index is 12.7. The number of nitrogens with zero attached hydrogens (tertiary/aromatic N) is 3. The molecule has 0 saturated heterocycles. The molecule has 1 heterocycles. The molecule has 12 nitrogen and oxygen atoms in total. The lowest BCUT2D eigenvalue weighted by atomic mass is 10.2. The molecule has 0 fully saturated rings. The van der Waals surface area contributed by atoms with Crippen LogP contribution in [0.5, 0.6) is 5.88 Å². The van der Waals surface area contributed by atoms with Crippen LogP contribution in [0.15, 0.2) is 101 Å². The molecule has 0 unspecified atom stereocenters. The van der Waals surface area contributed by atoms with Crippen molar-refractivity contribution in [2.24, 2.45) is 5.14 Å². The van der Waals surface area contributed by atoms with Crippen molar-refractivity contribution in [2.75, 3.05) is 22.5 Å². The minimum Gasteiger partial charge on any atom is -0.478 e. The van der Waals surface area contributed by atoms with Gasteiger partial charge in [0, 0.05) is 37.2 Å². The number of nitrogens with one attached hydrogen (secondary N) is 1. The van der Waals surface area contributed by atoms with Crippen LogP contribution in [0, 0.1) is 0 Å². The van der Waals surface area contributed by atoms with Crippen molar-refractivity contribution in [2.45, 2.75) is 23.3 Å². The second kappa shape index (κ2) is 13.0. The van der Waals surface area contributed by atoms with Crippen molar-refractivity contribution in [3.8, 4) is 5.88 Å². The number of methoxy groups -OCH3 is 1. The summed E-state index contributed by atoms with van der Waals surface area (Å²) < 4.78 is 53.1. The SMILES string of the molecule is COc1nccnc1N(C(C)=O)S(=O)(=O)c1ccc(N)cc1.NS(=O)(=O)c1ccc(NCc2ccccc2)cc1. The number of amides is 1. The summed E-state index contributed by atoms with van der Waals surface area (Å²) in [5.41, 5.74) is 7.97. The molecule has 4 rings (SSSR count). The molecule has 0 radical (unpaired) electrons. The largest absolute Gasteiger partial charge is 0.478 e. The minimum absolute atomic E-state index is 0.0725. The molecule has 40 heavy (non-hydrogen) atoms. The molecule has 210 valence electrons. The number of nitrogens with two attached hydrogens (primary N) is 2. The van der Waals surface area contributed by atoms with E-state index in [1.165, 1.54) is 55.9 Å². The molecule has 14 heteroatoms. The average Bonchev–Trinajstić information content (AvgIpc) is 2.93. The summed E-state index contributed by atoms with van der Waals surface area (Å²) in [5, 5.41) is 8.23. The summed E-state index contributed by atoms with van der Waals surface area (Å²) in [6.45, 7) is 1.80. The van der Waals surface area contributed by atoms with Gasteiger partial charge in [-0.05, 0) is 54.1 Å². The molecule has 0 atom stereocenters. The molecule has 5 N–H and O–H groups in total. The third-order valence-electron chi connectivity index (χ3n) is 5.26. The quantitative estimate of drug-likeness (QED) is 0.260. The molecule has 4 aromatic rings. The Kier molecular flexibility index (Phi) is 9.77. The number of hydrogen-bond donors (Lipinski definition) is 3. The van der Waals surface area contributed by atoms with Gasteiger partial charge in [0.2, 0.25) is 21.7 Å². The zero-order valence-corrected chi connectivity index (χ0v) is 23.3. The highest BCUT2D eigenvalue weighted by atomic mass is 32.2. The van der Waals surface area contributed by atoms with Gasteiger partial charge >= 0.3 is 0 Å². The summed E-state index contributed by atoms with van der Waals surface area (Å²) in [6, 6.07) is 21.8. The second-order valence-electron chi connectivity index (χ2n) is 8.16. The molecule has 1 aromatic heterocycles. The number of aromatic nitrogens is 2. The number of anilines is 3. The lowest BCUT2D eigenvalue weighted by Gasteiger charge is -2.20. The van der Waals surface area contributed by atoms with Crippen molar-refractivity contribution >= 4 is 43.1 Å². The van der Waals surface area contributed by atoms with E-state index in [4.69, 9.17) is 15.6 Å². The Bertz CT molecular complexity index is 1650. The topological polar surface area (TPSA) is 188 Å². The van der Waals surface area contributed by atoms with Crippen LogP contribution in [-0.4, -0.2) is 39.8 Å². The van der Waals surface area contributed by atoms with Gasteiger partial charge < -0.3 is 15.8 Å². The zero-order valence-electron chi connectivity index (χ0n) is 21.6. The van der Waals surface area contributed by atoms with Crippen LogP contribution < -0.4 is 25.2 Å². The van der Waals surface area contributed by atoms with Gasteiger partial charge in [-0.15, -0.1) is 0 Å². The predicted molar refractivity (Wildman–Crippen MR) is 151 cm³/mol. The van der Waals surface area contributed by atoms with Gasteiger partial charge in [0.1, 0.15) is 0 Å². The van der Waals surface area contributed by atoms with E-state index in [1.54, 1.807) is 12.1 Å². The van der Waals surface area contributed by atoms with E-state index >= 15 is 0 Å². The van der Waals surface area contributed by atoms with E-state index in [9.17, 15) is 21.6 Å². The maximum absolute atomic E-state index is 12.7. The van der Waals surface area contributed by atoms with Crippen LogP contribution >= 0.6 is 0 Å². The molecule has 1 amide bonds. The number of carbonyl (C=O) groups is 1. The van der Waals surface area contributed by atoms with Crippen molar-refractivity contribution in [1.29, 1.82) is 0 Å². The molecule has 0 spiro atoms. The number of hydrogen-bond acceptors (Lipinski definition) is 10. The van der Waals surface area contributed by atoms with Crippen molar-refractivity contribution in [1.82, 2.24) is 9.97 Å². The van der Waals surface area contributed by atoms with Crippen LogP contribution in [-0.2, 0) is 31.4 Å². The molecule has 0 aliphatic carbocycles. The Morgan fingerprint density at radius 3 is 2.00 bits per heavy atom. The second-order valence-corrected chi connectivity index (χ2v) is 11.5. The maximum Gasteiger partial charge on any atom is 0.272 e. The third-order valence-corrected chi connectivity index (χ3v) is 7.97. The highest BCUT2D eigenvalue weighted by molar-refractivity contribution is 7.93. The fourth-order valence-corrected chi connectivity index (χ4v) is 5.24. The number of primary sulfonamides is 1. The monoisotopic (exact) mass is 584 g/mol. The number of rotatable bonds is 8. The first-order valence-electron chi connectivity index (χ1n) is 11.6. The van der Waals surface area contributed by atoms with E-state index in [0.717, 1.165) is 18.2 Å². The van der Waals surface area contributed by atoms with E-state index in [1.807, 2.05) is 30.3 Å². The van der Waals surface area contributed by atoms with Crippen LogP contribution in [0.1, 0.15) is 12.5 Å². The number of ether oxygens (including phenoxy) is 1. The minimum atomic E-state index is -4.16. The number of carbonyl (C=O) groups excluding carboxylic acids is 1. The number of sulfonamides is 2. The summed E-state index contributed by atoms with van der Waals surface area (Å²) in [7, 11) is -6.46. The molecular formula is C26H28N6O6S2. The van der Waals surface area contributed by atoms with Crippen LogP contribution in [0.3, 0.4) is 0 Å².